The Kier molecular flexibility index (Phi) is 8.66. The first-order valence-electron chi connectivity index (χ1n) is 7.83. The third-order valence-corrected chi connectivity index (χ3v) is 3.99. The molecule has 1 aliphatic heterocycles. The SMILES string of the molecule is COC(=O)C(Cc1ccccc1)NC(=O)CCC1CCCN1.Cl. The van der Waals surface area contributed by atoms with Gasteiger partial charge in [-0.15, -0.1) is 12.4 Å². The Morgan fingerprint density at radius 1 is 1.35 bits per heavy atom. The number of benzene rings is 1. The monoisotopic (exact) mass is 340 g/mol. The normalized spacial score (nSPS) is 17.9. The lowest BCUT2D eigenvalue weighted by Crippen LogP contribution is -2.43. The molecule has 0 spiro atoms. The van der Waals surface area contributed by atoms with Crippen LogP contribution in [0.5, 0.6) is 0 Å². The van der Waals surface area contributed by atoms with Gasteiger partial charge in [0.05, 0.1) is 7.11 Å². The van der Waals surface area contributed by atoms with Crippen molar-refractivity contribution in [3.63, 3.8) is 0 Å². The number of rotatable bonds is 7. The molecule has 1 aliphatic rings. The molecule has 0 aromatic heterocycles. The van der Waals surface area contributed by atoms with E-state index in [0.29, 0.717) is 18.9 Å². The van der Waals surface area contributed by atoms with Crippen molar-refractivity contribution in [3.8, 4) is 0 Å². The summed E-state index contributed by atoms with van der Waals surface area (Å²) in [4.78, 5) is 23.9. The molecule has 23 heavy (non-hydrogen) atoms. The number of methoxy groups -OCH3 is 1. The van der Waals surface area contributed by atoms with Gasteiger partial charge in [-0.05, 0) is 31.4 Å². The van der Waals surface area contributed by atoms with Gasteiger partial charge in [-0.2, -0.15) is 0 Å². The summed E-state index contributed by atoms with van der Waals surface area (Å²) in [6.07, 6.45) is 3.98. The van der Waals surface area contributed by atoms with Gasteiger partial charge in [0, 0.05) is 18.9 Å². The fourth-order valence-electron chi connectivity index (χ4n) is 2.76. The smallest absolute Gasteiger partial charge is 0.328 e. The lowest BCUT2D eigenvalue weighted by Gasteiger charge is -2.17. The van der Waals surface area contributed by atoms with Gasteiger partial charge >= 0.3 is 5.97 Å². The second kappa shape index (κ2) is 10.2. The van der Waals surface area contributed by atoms with Crippen LogP contribution >= 0.6 is 12.4 Å². The number of halogens is 1. The van der Waals surface area contributed by atoms with Crippen LogP contribution in [0, 0.1) is 0 Å². The molecular formula is C17H25ClN2O3. The Balaban J connectivity index is 0.00000264. The number of esters is 1. The topological polar surface area (TPSA) is 67.4 Å². The minimum atomic E-state index is -0.628. The molecule has 1 aromatic rings. The van der Waals surface area contributed by atoms with Crippen molar-refractivity contribution < 1.29 is 14.3 Å². The second-order valence-electron chi connectivity index (χ2n) is 5.66. The van der Waals surface area contributed by atoms with Gasteiger partial charge in [0.25, 0.3) is 0 Å². The van der Waals surface area contributed by atoms with E-state index < -0.39 is 12.0 Å². The van der Waals surface area contributed by atoms with Gasteiger partial charge in [0.15, 0.2) is 0 Å². The van der Waals surface area contributed by atoms with Crippen LogP contribution in [0.4, 0.5) is 0 Å². The largest absolute Gasteiger partial charge is 0.467 e. The summed E-state index contributed by atoms with van der Waals surface area (Å²) in [6, 6.07) is 9.42. The van der Waals surface area contributed by atoms with Crippen LogP contribution in [0.1, 0.15) is 31.2 Å². The van der Waals surface area contributed by atoms with Crippen molar-refractivity contribution in [2.24, 2.45) is 0 Å². The summed E-state index contributed by atoms with van der Waals surface area (Å²) in [5.41, 5.74) is 0.996. The van der Waals surface area contributed by atoms with Crippen molar-refractivity contribution in [1.82, 2.24) is 10.6 Å². The number of hydrogen-bond acceptors (Lipinski definition) is 4. The Morgan fingerprint density at radius 3 is 2.70 bits per heavy atom. The summed E-state index contributed by atoms with van der Waals surface area (Å²) in [7, 11) is 1.34. The zero-order chi connectivity index (χ0) is 15.8. The number of hydrogen-bond donors (Lipinski definition) is 2. The maximum absolute atomic E-state index is 12.1. The van der Waals surface area contributed by atoms with Gasteiger partial charge in [-0.3, -0.25) is 4.79 Å². The van der Waals surface area contributed by atoms with Crippen molar-refractivity contribution in [2.75, 3.05) is 13.7 Å². The van der Waals surface area contributed by atoms with Crippen LogP contribution < -0.4 is 10.6 Å². The first-order valence-corrected chi connectivity index (χ1v) is 7.83. The van der Waals surface area contributed by atoms with Crippen LogP contribution in [0.3, 0.4) is 0 Å². The van der Waals surface area contributed by atoms with Gasteiger partial charge < -0.3 is 15.4 Å². The lowest BCUT2D eigenvalue weighted by molar-refractivity contribution is -0.145. The summed E-state index contributed by atoms with van der Waals surface area (Å²) in [6.45, 7) is 1.03. The Hall–Kier alpha value is -1.59. The molecule has 0 radical (unpaired) electrons. The Bertz CT molecular complexity index is 490. The number of carbonyl (C=O) groups excluding carboxylic acids is 2. The molecule has 2 atom stereocenters. The Labute approximate surface area is 143 Å². The van der Waals surface area contributed by atoms with Crippen molar-refractivity contribution in [3.05, 3.63) is 35.9 Å². The molecule has 5 nitrogen and oxygen atoms in total. The molecule has 128 valence electrons. The van der Waals surface area contributed by atoms with Gasteiger partial charge in [0.1, 0.15) is 6.04 Å². The lowest BCUT2D eigenvalue weighted by atomic mass is 10.1. The minimum Gasteiger partial charge on any atom is -0.467 e. The first kappa shape index (κ1) is 19.5. The van der Waals surface area contributed by atoms with E-state index in [2.05, 4.69) is 10.6 Å². The molecular weight excluding hydrogens is 316 g/mol. The average Bonchev–Trinajstić information content (AvgIpc) is 3.06. The van der Waals surface area contributed by atoms with E-state index in [9.17, 15) is 9.59 Å². The van der Waals surface area contributed by atoms with Gasteiger partial charge in [-0.1, -0.05) is 30.3 Å². The van der Waals surface area contributed by atoms with Crippen LogP contribution in [0.15, 0.2) is 30.3 Å². The molecule has 2 rings (SSSR count). The zero-order valence-electron chi connectivity index (χ0n) is 13.4. The molecule has 2 unspecified atom stereocenters. The second-order valence-corrected chi connectivity index (χ2v) is 5.66. The van der Waals surface area contributed by atoms with Gasteiger partial charge in [0.2, 0.25) is 5.91 Å². The Morgan fingerprint density at radius 2 is 2.09 bits per heavy atom. The standard InChI is InChI=1S/C17H24N2O3.ClH/c1-22-17(21)15(12-13-6-3-2-4-7-13)19-16(20)10-9-14-8-5-11-18-14;/h2-4,6-7,14-15,18H,5,8-12H2,1H3,(H,19,20);1H. The molecule has 0 saturated carbocycles. The predicted molar refractivity (Wildman–Crippen MR) is 91.6 cm³/mol. The van der Waals surface area contributed by atoms with E-state index >= 15 is 0 Å². The molecule has 0 bridgehead atoms. The quantitative estimate of drug-likeness (QED) is 0.743. The molecule has 6 heteroatoms. The maximum Gasteiger partial charge on any atom is 0.328 e. The number of ether oxygens (including phenoxy) is 1. The van der Waals surface area contributed by atoms with E-state index in [1.165, 1.54) is 13.5 Å². The van der Waals surface area contributed by atoms with E-state index in [1.54, 1.807) is 0 Å². The first-order chi connectivity index (χ1) is 10.7. The highest BCUT2D eigenvalue weighted by Crippen LogP contribution is 2.11. The highest BCUT2D eigenvalue weighted by molar-refractivity contribution is 5.85. The summed E-state index contributed by atoms with van der Waals surface area (Å²) < 4.78 is 4.80. The van der Waals surface area contributed by atoms with Crippen LogP contribution in [-0.2, 0) is 20.7 Å². The maximum atomic E-state index is 12.1. The molecule has 1 fully saturated rings. The molecule has 2 N–H and O–H groups in total. The highest BCUT2D eigenvalue weighted by Gasteiger charge is 2.22. The number of nitrogens with one attached hydrogen (secondary N) is 2. The molecule has 1 heterocycles. The zero-order valence-corrected chi connectivity index (χ0v) is 14.2. The van der Waals surface area contributed by atoms with Crippen molar-refractivity contribution in [1.29, 1.82) is 0 Å². The van der Waals surface area contributed by atoms with Crippen molar-refractivity contribution in [2.45, 2.75) is 44.2 Å². The van der Waals surface area contributed by atoms with E-state index in [4.69, 9.17) is 4.74 Å². The van der Waals surface area contributed by atoms with Crippen LogP contribution in [0.25, 0.3) is 0 Å². The van der Waals surface area contributed by atoms with Crippen LogP contribution in [-0.4, -0.2) is 37.6 Å². The molecule has 1 saturated heterocycles. The average molecular weight is 341 g/mol. The fraction of sp³-hybridized carbons (Fsp3) is 0.529. The predicted octanol–water partition coefficient (Wildman–Crippen LogP) is 1.84. The third kappa shape index (κ3) is 6.59. The molecule has 0 aliphatic carbocycles. The van der Waals surface area contributed by atoms with Crippen LogP contribution in [0.2, 0.25) is 0 Å². The van der Waals surface area contributed by atoms with Crippen molar-refractivity contribution >= 4 is 24.3 Å². The fourth-order valence-corrected chi connectivity index (χ4v) is 2.76. The summed E-state index contributed by atoms with van der Waals surface area (Å²) in [5.74, 6) is -0.503. The van der Waals surface area contributed by atoms with E-state index in [0.717, 1.165) is 24.9 Å². The molecule has 1 amide bonds. The third-order valence-electron chi connectivity index (χ3n) is 3.99. The van der Waals surface area contributed by atoms with Gasteiger partial charge in [-0.25, -0.2) is 4.79 Å². The summed E-state index contributed by atoms with van der Waals surface area (Å²) in [5, 5.41) is 6.17. The number of carbonyl (C=O) groups is 2. The summed E-state index contributed by atoms with van der Waals surface area (Å²) >= 11 is 0. The van der Waals surface area contributed by atoms with E-state index in [-0.39, 0.29) is 18.3 Å². The molecule has 1 aromatic carbocycles. The minimum absolute atomic E-state index is 0. The van der Waals surface area contributed by atoms with E-state index in [1.807, 2.05) is 30.3 Å². The highest BCUT2D eigenvalue weighted by atomic mass is 35.5. The number of amides is 1.